The van der Waals surface area contributed by atoms with Crippen LogP contribution in [-0.4, -0.2) is 14.2 Å². The average Bonchev–Trinajstić information content (AvgIpc) is 2.90. The summed E-state index contributed by atoms with van der Waals surface area (Å²) in [6.45, 7) is 0. The van der Waals surface area contributed by atoms with Crippen molar-refractivity contribution in [2.75, 3.05) is 14.2 Å². The molecule has 1 heterocycles. The van der Waals surface area contributed by atoms with Crippen LogP contribution < -0.4 is 15.2 Å². The maximum absolute atomic E-state index is 6.19. The molecule has 0 aliphatic heterocycles. The second kappa shape index (κ2) is 5.21. The summed E-state index contributed by atoms with van der Waals surface area (Å²) in [5, 5.41) is 2.02. The largest absolute Gasteiger partial charge is 0.493 e. The molecule has 2 N–H and O–H groups in total. The van der Waals surface area contributed by atoms with Crippen molar-refractivity contribution in [1.29, 1.82) is 0 Å². The second-order valence-electron chi connectivity index (χ2n) is 3.61. The van der Waals surface area contributed by atoms with Gasteiger partial charge >= 0.3 is 0 Å². The number of methoxy groups -OCH3 is 2. The van der Waals surface area contributed by atoms with Crippen molar-refractivity contribution in [2.45, 2.75) is 6.04 Å². The molecule has 0 unspecified atom stereocenters. The molecule has 3 nitrogen and oxygen atoms in total. The summed E-state index contributed by atoms with van der Waals surface area (Å²) in [5.41, 5.74) is 7.21. The molecule has 0 fully saturated rings. The van der Waals surface area contributed by atoms with Gasteiger partial charge in [0.2, 0.25) is 0 Å². The number of thiophene rings is 1. The molecule has 4 heteroatoms. The SMILES string of the molecule is COc1ccc([C@H](N)c2cccs2)cc1OC. The van der Waals surface area contributed by atoms with Crippen LogP contribution in [0.3, 0.4) is 0 Å². The first-order valence-corrected chi connectivity index (χ1v) is 6.15. The smallest absolute Gasteiger partial charge is 0.161 e. The topological polar surface area (TPSA) is 44.5 Å². The number of hydrogen-bond donors (Lipinski definition) is 1. The summed E-state index contributed by atoms with van der Waals surface area (Å²) >= 11 is 1.65. The molecule has 0 aliphatic carbocycles. The third kappa shape index (κ3) is 2.43. The molecule has 0 radical (unpaired) electrons. The van der Waals surface area contributed by atoms with Crippen molar-refractivity contribution in [3.05, 3.63) is 46.2 Å². The summed E-state index contributed by atoms with van der Waals surface area (Å²) in [4.78, 5) is 1.14. The normalized spacial score (nSPS) is 12.2. The Morgan fingerprint density at radius 1 is 1.12 bits per heavy atom. The van der Waals surface area contributed by atoms with Gasteiger partial charge in [-0.05, 0) is 29.1 Å². The standard InChI is InChI=1S/C13H15NO2S/c1-15-10-6-5-9(8-11(10)16-2)13(14)12-4-3-7-17-12/h3-8,13H,14H2,1-2H3/t13-/m0/s1. The molecule has 90 valence electrons. The van der Waals surface area contributed by atoms with Crippen molar-refractivity contribution in [1.82, 2.24) is 0 Å². The molecular weight excluding hydrogens is 234 g/mol. The van der Waals surface area contributed by atoms with Gasteiger partial charge in [-0.3, -0.25) is 0 Å². The molecule has 0 aliphatic rings. The van der Waals surface area contributed by atoms with Gasteiger partial charge < -0.3 is 15.2 Å². The zero-order valence-corrected chi connectivity index (χ0v) is 10.7. The molecule has 0 saturated carbocycles. The third-order valence-electron chi connectivity index (χ3n) is 2.62. The van der Waals surface area contributed by atoms with Gasteiger partial charge in [-0.15, -0.1) is 11.3 Å². The van der Waals surface area contributed by atoms with Gasteiger partial charge in [-0.1, -0.05) is 12.1 Å². The summed E-state index contributed by atoms with van der Waals surface area (Å²) in [7, 11) is 3.25. The highest BCUT2D eigenvalue weighted by Gasteiger charge is 2.12. The highest BCUT2D eigenvalue weighted by Crippen LogP contribution is 2.32. The van der Waals surface area contributed by atoms with Crippen LogP contribution in [0.5, 0.6) is 11.5 Å². The van der Waals surface area contributed by atoms with E-state index in [1.54, 1.807) is 25.6 Å². The average molecular weight is 249 g/mol. The van der Waals surface area contributed by atoms with Crippen molar-refractivity contribution < 1.29 is 9.47 Å². The van der Waals surface area contributed by atoms with E-state index in [0.29, 0.717) is 5.75 Å². The first kappa shape index (κ1) is 12.0. The van der Waals surface area contributed by atoms with Crippen LogP contribution in [0, 0.1) is 0 Å². The summed E-state index contributed by atoms with van der Waals surface area (Å²) < 4.78 is 10.5. The van der Waals surface area contributed by atoms with E-state index in [4.69, 9.17) is 15.2 Å². The van der Waals surface area contributed by atoms with Gasteiger partial charge in [0.1, 0.15) is 0 Å². The van der Waals surface area contributed by atoms with Crippen LogP contribution in [0.2, 0.25) is 0 Å². The molecule has 17 heavy (non-hydrogen) atoms. The van der Waals surface area contributed by atoms with Crippen LogP contribution in [0.1, 0.15) is 16.5 Å². The molecule has 0 bridgehead atoms. The van der Waals surface area contributed by atoms with E-state index in [-0.39, 0.29) is 6.04 Å². The number of benzene rings is 1. The fraction of sp³-hybridized carbons (Fsp3) is 0.231. The molecule has 0 spiro atoms. The zero-order chi connectivity index (χ0) is 12.3. The van der Waals surface area contributed by atoms with Crippen LogP contribution in [0.4, 0.5) is 0 Å². The van der Waals surface area contributed by atoms with Crippen molar-refractivity contribution in [3.8, 4) is 11.5 Å². The van der Waals surface area contributed by atoms with E-state index >= 15 is 0 Å². The van der Waals surface area contributed by atoms with Crippen molar-refractivity contribution in [2.24, 2.45) is 5.73 Å². The Kier molecular flexibility index (Phi) is 3.66. The minimum Gasteiger partial charge on any atom is -0.493 e. The second-order valence-corrected chi connectivity index (χ2v) is 4.59. The van der Waals surface area contributed by atoms with Crippen LogP contribution in [-0.2, 0) is 0 Å². The van der Waals surface area contributed by atoms with Crippen LogP contribution >= 0.6 is 11.3 Å². The quantitative estimate of drug-likeness (QED) is 0.906. The lowest BCUT2D eigenvalue weighted by Crippen LogP contribution is -2.10. The van der Waals surface area contributed by atoms with E-state index < -0.39 is 0 Å². The van der Waals surface area contributed by atoms with Crippen molar-refractivity contribution in [3.63, 3.8) is 0 Å². The van der Waals surface area contributed by atoms with Gasteiger partial charge in [0, 0.05) is 4.88 Å². The van der Waals surface area contributed by atoms with Crippen molar-refractivity contribution >= 4 is 11.3 Å². The summed E-state index contributed by atoms with van der Waals surface area (Å²) in [6, 6.07) is 9.68. The predicted octanol–water partition coefficient (Wildman–Crippen LogP) is 2.81. The minimum atomic E-state index is -0.116. The lowest BCUT2D eigenvalue weighted by molar-refractivity contribution is 0.354. The molecule has 2 aromatic rings. The maximum atomic E-state index is 6.19. The number of nitrogens with two attached hydrogens (primary N) is 1. The molecule has 1 aromatic heterocycles. The minimum absolute atomic E-state index is 0.116. The lowest BCUT2D eigenvalue weighted by Gasteiger charge is -2.13. The molecule has 1 atom stereocenters. The molecule has 2 rings (SSSR count). The number of rotatable bonds is 4. The summed E-state index contributed by atoms with van der Waals surface area (Å²) in [5.74, 6) is 1.42. The Balaban J connectivity index is 2.33. The number of ether oxygens (including phenoxy) is 2. The highest BCUT2D eigenvalue weighted by molar-refractivity contribution is 7.10. The van der Waals surface area contributed by atoms with Crippen LogP contribution in [0.15, 0.2) is 35.7 Å². The lowest BCUT2D eigenvalue weighted by atomic mass is 10.1. The van der Waals surface area contributed by atoms with E-state index in [0.717, 1.165) is 16.2 Å². The Hall–Kier alpha value is -1.52. The Morgan fingerprint density at radius 3 is 2.47 bits per heavy atom. The van der Waals surface area contributed by atoms with Gasteiger partial charge in [0.15, 0.2) is 11.5 Å². The van der Waals surface area contributed by atoms with Gasteiger partial charge in [0.25, 0.3) is 0 Å². The fourth-order valence-corrected chi connectivity index (χ4v) is 2.43. The van der Waals surface area contributed by atoms with Gasteiger partial charge in [-0.2, -0.15) is 0 Å². The molecule has 0 amide bonds. The van der Waals surface area contributed by atoms with Gasteiger partial charge in [-0.25, -0.2) is 0 Å². The zero-order valence-electron chi connectivity index (χ0n) is 9.84. The summed E-state index contributed by atoms with van der Waals surface area (Å²) in [6.07, 6.45) is 0. The molecular formula is C13H15NO2S. The van der Waals surface area contributed by atoms with Crippen LogP contribution in [0.25, 0.3) is 0 Å². The maximum Gasteiger partial charge on any atom is 0.161 e. The first-order valence-electron chi connectivity index (χ1n) is 5.27. The molecule has 0 saturated heterocycles. The number of hydrogen-bond acceptors (Lipinski definition) is 4. The monoisotopic (exact) mass is 249 g/mol. The van der Waals surface area contributed by atoms with Gasteiger partial charge in [0.05, 0.1) is 20.3 Å². The Labute approximate surface area is 105 Å². The van der Waals surface area contributed by atoms with E-state index in [2.05, 4.69) is 0 Å². The Bertz CT molecular complexity index is 482. The van der Waals surface area contributed by atoms with E-state index in [1.165, 1.54) is 0 Å². The van der Waals surface area contributed by atoms with E-state index in [1.807, 2.05) is 35.7 Å². The predicted molar refractivity (Wildman–Crippen MR) is 69.9 cm³/mol. The molecule has 1 aromatic carbocycles. The highest BCUT2D eigenvalue weighted by atomic mass is 32.1. The fourth-order valence-electron chi connectivity index (χ4n) is 1.68. The third-order valence-corrected chi connectivity index (χ3v) is 3.57. The Morgan fingerprint density at radius 2 is 1.88 bits per heavy atom. The van der Waals surface area contributed by atoms with E-state index in [9.17, 15) is 0 Å². The first-order chi connectivity index (χ1) is 8.26.